The van der Waals surface area contributed by atoms with Crippen LogP contribution in [0.5, 0.6) is 0 Å². The van der Waals surface area contributed by atoms with Crippen LogP contribution in [0, 0.1) is 5.92 Å². The molecule has 1 atom stereocenters. The second-order valence-electron chi connectivity index (χ2n) is 5.47. The van der Waals surface area contributed by atoms with Gasteiger partial charge in [0.05, 0.1) is 5.69 Å². The minimum Gasteiger partial charge on any atom is -0.264 e. The highest BCUT2D eigenvalue weighted by molar-refractivity contribution is 7.80. The van der Waals surface area contributed by atoms with Gasteiger partial charge in [-0.25, -0.2) is 4.98 Å². The molecule has 2 nitrogen and oxygen atoms in total. The highest BCUT2D eigenvalue weighted by atomic mass is 32.1. The van der Waals surface area contributed by atoms with Gasteiger partial charge in [0.2, 0.25) is 0 Å². The van der Waals surface area contributed by atoms with Crippen LogP contribution in [0.1, 0.15) is 48.4 Å². The molecule has 1 unspecified atom stereocenters. The van der Waals surface area contributed by atoms with Gasteiger partial charge in [-0.2, -0.15) is 12.6 Å². The normalized spacial score (nSPS) is 16.8. The molecule has 0 radical (unpaired) electrons. The monoisotopic (exact) mass is 290 g/mol. The van der Waals surface area contributed by atoms with Crippen molar-refractivity contribution in [2.75, 3.05) is 0 Å². The van der Waals surface area contributed by atoms with Crippen LogP contribution < -0.4 is 0 Å². The Hall–Kier alpha value is -0.870. The summed E-state index contributed by atoms with van der Waals surface area (Å²) in [4.78, 5) is 10.4. The van der Waals surface area contributed by atoms with E-state index in [4.69, 9.17) is 17.6 Å². The summed E-state index contributed by atoms with van der Waals surface area (Å²) in [5.74, 6) is 1.20. The molecular formula is C15H18N2S2. The van der Waals surface area contributed by atoms with Gasteiger partial charge in [0.1, 0.15) is 5.01 Å². The van der Waals surface area contributed by atoms with E-state index in [0.717, 1.165) is 10.6 Å². The van der Waals surface area contributed by atoms with Crippen molar-refractivity contribution >= 4 is 24.0 Å². The summed E-state index contributed by atoms with van der Waals surface area (Å²) in [6.07, 6.45) is 6.25. The van der Waals surface area contributed by atoms with E-state index in [9.17, 15) is 0 Å². The van der Waals surface area contributed by atoms with Crippen LogP contribution in [0.3, 0.4) is 0 Å². The molecule has 0 saturated heterocycles. The number of nitrogens with zero attached hydrogens (tertiary/aromatic N) is 2. The molecule has 0 N–H and O–H groups in total. The maximum absolute atomic E-state index is 4.88. The average Bonchev–Trinajstić information content (AvgIpc) is 3.18. The first-order valence-electron chi connectivity index (χ1n) is 6.76. The van der Waals surface area contributed by atoms with Gasteiger partial charge in [-0.3, -0.25) is 4.98 Å². The molecule has 1 aliphatic carbocycles. The van der Waals surface area contributed by atoms with Crippen molar-refractivity contribution in [3.05, 3.63) is 35.1 Å². The maximum atomic E-state index is 4.88. The van der Waals surface area contributed by atoms with Crippen molar-refractivity contribution in [1.82, 2.24) is 9.97 Å². The summed E-state index contributed by atoms with van der Waals surface area (Å²) < 4.78 is 0. The van der Waals surface area contributed by atoms with Crippen molar-refractivity contribution in [2.45, 2.75) is 37.9 Å². The molecule has 2 heterocycles. The molecule has 2 aromatic heterocycles. The highest BCUT2D eigenvalue weighted by Crippen LogP contribution is 2.48. The first kappa shape index (κ1) is 13.1. The zero-order chi connectivity index (χ0) is 13.4. The Balaban J connectivity index is 2.02. The number of hydrogen-bond acceptors (Lipinski definition) is 4. The minimum atomic E-state index is 0.290. The van der Waals surface area contributed by atoms with Gasteiger partial charge in [-0.1, -0.05) is 13.8 Å². The van der Waals surface area contributed by atoms with E-state index in [2.05, 4.69) is 24.9 Å². The van der Waals surface area contributed by atoms with Gasteiger partial charge in [-0.15, -0.1) is 11.3 Å². The predicted molar refractivity (Wildman–Crippen MR) is 83.9 cm³/mol. The molecule has 0 amide bonds. The Kier molecular flexibility index (Phi) is 3.63. The molecule has 100 valence electrons. The van der Waals surface area contributed by atoms with E-state index in [1.807, 2.05) is 12.3 Å². The number of thiol groups is 1. The second kappa shape index (κ2) is 5.25. The van der Waals surface area contributed by atoms with E-state index >= 15 is 0 Å². The Labute approximate surface area is 123 Å². The number of pyridine rings is 1. The fourth-order valence-electron chi connectivity index (χ4n) is 2.12. The molecular weight excluding hydrogens is 272 g/mol. The molecule has 1 saturated carbocycles. The van der Waals surface area contributed by atoms with Gasteiger partial charge in [-0.05, 0) is 30.9 Å². The van der Waals surface area contributed by atoms with Gasteiger partial charge in [0, 0.05) is 34.0 Å². The van der Waals surface area contributed by atoms with Crippen molar-refractivity contribution in [2.24, 2.45) is 5.92 Å². The molecule has 0 aromatic carbocycles. The van der Waals surface area contributed by atoms with Crippen LogP contribution in [-0.4, -0.2) is 9.97 Å². The highest BCUT2D eigenvalue weighted by Gasteiger charge is 2.32. The van der Waals surface area contributed by atoms with Crippen LogP contribution in [0.2, 0.25) is 0 Å². The zero-order valence-electron chi connectivity index (χ0n) is 11.2. The van der Waals surface area contributed by atoms with E-state index in [-0.39, 0.29) is 0 Å². The summed E-state index contributed by atoms with van der Waals surface area (Å²) in [6.45, 7) is 4.44. The number of thiazole rings is 1. The molecule has 2 aromatic rings. The van der Waals surface area contributed by atoms with Crippen LogP contribution in [-0.2, 0) is 0 Å². The lowest BCUT2D eigenvalue weighted by Gasteiger charge is -2.13. The third kappa shape index (κ3) is 2.70. The number of rotatable bonds is 4. The van der Waals surface area contributed by atoms with Crippen LogP contribution in [0.25, 0.3) is 10.6 Å². The van der Waals surface area contributed by atoms with Gasteiger partial charge in [0.15, 0.2) is 0 Å². The predicted octanol–water partition coefficient (Wildman–Crippen LogP) is 4.71. The smallest absolute Gasteiger partial charge is 0.125 e. The van der Waals surface area contributed by atoms with E-state index in [1.165, 1.54) is 23.4 Å². The lowest BCUT2D eigenvalue weighted by atomic mass is 10.1. The first-order valence-corrected chi connectivity index (χ1v) is 8.09. The molecule has 3 rings (SSSR count). The third-order valence-electron chi connectivity index (χ3n) is 3.45. The fraction of sp³-hybridized carbons (Fsp3) is 0.467. The second-order valence-corrected chi connectivity index (χ2v) is 7.06. The van der Waals surface area contributed by atoms with E-state index < -0.39 is 0 Å². The van der Waals surface area contributed by atoms with E-state index in [0.29, 0.717) is 17.1 Å². The zero-order valence-corrected chi connectivity index (χ0v) is 12.9. The van der Waals surface area contributed by atoms with E-state index in [1.54, 1.807) is 17.5 Å². The maximum Gasteiger partial charge on any atom is 0.125 e. The van der Waals surface area contributed by atoms with Gasteiger partial charge >= 0.3 is 0 Å². The molecule has 0 spiro atoms. The van der Waals surface area contributed by atoms with Crippen LogP contribution in [0.4, 0.5) is 0 Å². The Morgan fingerprint density at radius 1 is 1.37 bits per heavy atom. The Morgan fingerprint density at radius 3 is 2.74 bits per heavy atom. The minimum absolute atomic E-state index is 0.290. The number of aromatic nitrogens is 2. The Bertz CT molecular complexity index is 559. The van der Waals surface area contributed by atoms with Crippen molar-refractivity contribution in [3.8, 4) is 10.6 Å². The van der Waals surface area contributed by atoms with Gasteiger partial charge in [0.25, 0.3) is 0 Å². The molecule has 1 fully saturated rings. The Morgan fingerprint density at radius 2 is 2.16 bits per heavy atom. The summed E-state index contributed by atoms with van der Waals surface area (Å²) in [6, 6.07) is 4.04. The molecule has 0 bridgehead atoms. The largest absolute Gasteiger partial charge is 0.264 e. The summed E-state index contributed by atoms with van der Waals surface area (Å²) >= 11 is 6.58. The number of hydrogen-bond donors (Lipinski definition) is 1. The summed E-state index contributed by atoms with van der Waals surface area (Å²) in [5, 5.41) is 1.38. The average molecular weight is 290 g/mol. The summed E-state index contributed by atoms with van der Waals surface area (Å²) in [7, 11) is 0. The topological polar surface area (TPSA) is 25.8 Å². The van der Waals surface area contributed by atoms with Gasteiger partial charge < -0.3 is 0 Å². The van der Waals surface area contributed by atoms with Crippen LogP contribution in [0.15, 0.2) is 24.5 Å². The van der Waals surface area contributed by atoms with Crippen molar-refractivity contribution in [1.29, 1.82) is 0 Å². The molecule has 4 heteroatoms. The lowest BCUT2D eigenvalue weighted by Crippen LogP contribution is -2.00. The summed E-state index contributed by atoms with van der Waals surface area (Å²) in [5.41, 5.74) is 2.41. The standard InChI is InChI=1S/C15H18N2S2/c1-9(2)13(18)14-12(10-5-6-10)17-15(19-14)11-4-3-7-16-8-11/h3-4,7-10,13,18H,5-6H2,1-2H3. The molecule has 0 aliphatic heterocycles. The third-order valence-corrected chi connectivity index (χ3v) is 5.69. The SMILES string of the molecule is CC(C)C(S)c1sc(-c2cccnc2)nc1C1CC1. The quantitative estimate of drug-likeness (QED) is 0.825. The molecule has 1 aliphatic rings. The van der Waals surface area contributed by atoms with Crippen LogP contribution >= 0.6 is 24.0 Å². The van der Waals surface area contributed by atoms with Crippen molar-refractivity contribution < 1.29 is 0 Å². The van der Waals surface area contributed by atoms with Crippen molar-refractivity contribution in [3.63, 3.8) is 0 Å². The lowest BCUT2D eigenvalue weighted by molar-refractivity contribution is 0.637. The first-order chi connectivity index (χ1) is 9.16. The molecule has 19 heavy (non-hydrogen) atoms. The fourth-order valence-corrected chi connectivity index (χ4v) is 3.71.